The molecular formula is C15H9F2N2O. The molecule has 0 saturated heterocycles. The van der Waals surface area contributed by atoms with Gasteiger partial charge in [-0.15, -0.1) is 0 Å². The van der Waals surface area contributed by atoms with Crippen LogP contribution >= 0.6 is 0 Å². The Balaban J connectivity index is 1.90. The van der Waals surface area contributed by atoms with E-state index in [1.165, 1.54) is 6.07 Å². The van der Waals surface area contributed by atoms with Crippen molar-refractivity contribution in [3.63, 3.8) is 0 Å². The summed E-state index contributed by atoms with van der Waals surface area (Å²) in [6.45, 7) is 0.0144. The summed E-state index contributed by atoms with van der Waals surface area (Å²) in [5.74, 6) is -1.83. The Hall–Kier alpha value is -2.74. The fraction of sp³-hybridized carbons (Fsp3) is 0.0667. The third kappa shape index (κ3) is 3.62. The van der Waals surface area contributed by atoms with Crippen molar-refractivity contribution in [3.05, 3.63) is 70.8 Å². The van der Waals surface area contributed by atoms with Crippen molar-refractivity contribution in [2.75, 3.05) is 0 Å². The van der Waals surface area contributed by atoms with Crippen molar-refractivity contribution in [1.29, 1.82) is 5.26 Å². The molecule has 0 aliphatic rings. The molecular weight excluding hydrogens is 262 g/mol. The van der Waals surface area contributed by atoms with Gasteiger partial charge in [0.05, 0.1) is 11.6 Å². The zero-order valence-electron chi connectivity index (χ0n) is 10.3. The lowest BCUT2D eigenvalue weighted by atomic mass is 10.2. The van der Waals surface area contributed by atoms with Crippen molar-refractivity contribution in [2.24, 2.45) is 5.16 Å². The first-order valence-corrected chi connectivity index (χ1v) is 5.71. The van der Waals surface area contributed by atoms with Gasteiger partial charge >= 0.3 is 0 Å². The predicted molar refractivity (Wildman–Crippen MR) is 68.8 cm³/mol. The molecule has 2 aromatic rings. The molecule has 3 nitrogen and oxygen atoms in total. The number of halogens is 2. The van der Waals surface area contributed by atoms with E-state index in [2.05, 4.69) is 11.4 Å². The minimum atomic E-state index is -0.925. The SMILES string of the molecule is N#Cc1ccc(/[C]=N\OCc2ccc(F)c(F)c2)cc1. The van der Waals surface area contributed by atoms with Gasteiger partial charge < -0.3 is 4.84 Å². The first kappa shape index (κ1) is 13.7. The molecule has 0 fully saturated rings. The Kier molecular flexibility index (Phi) is 4.40. The molecule has 0 aliphatic carbocycles. The van der Waals surface area contributed by atoms with Gasteiger partial charge in [0.2, 0.25) is 0 Å². The van der Waals surface area contributed by atoms with Crippen LogP contribution in [0.3, 0.4) is 0 Å². The molecule has 0 N–H and O–H groups in total. The largest absolute Gasteiger partial charge is 0.390 e. The van der Waals surface area contributed by atoms with E-state index in [0.29, 0.717) is 16.7 Å². The van der Waals surface area contributed by atoms with Crippen LogP contribution in [0.4, 0.5) is 8.78 Å². The van der Waals surface area contributed by atoms with Gasteiger partial charge in [0.1, 0.15) is 12.8 Å². The van der Waals surface area contributed by atoms with E-state index in [-0.39, 0.29) is 6.61 Å². The molecule has 0 aromatic heterocycles. The monoisotopic (exact) mass is 271 g/mol. The van der Waals surface area contributed by atoms with Crippen LogP contribution in [-0.4, -0.2) is 6.21 Å². The number of benzene rings is 2. The number of hydrogen-bond donors (Lipinski definition) is 0. The second-order valence-corrected chi connectivity index (χ2v) is 3.91. The summed E-state index contributed by atoms with van der Waals surface area (Å²) >= 11 is 0. The second-order valence-electron chi connectivity index (χ2n) is 3.91. The minimum Gasteiger partial charge on any atom is -0.390 e. The van der Waals surface area contributed by atoms with Crippen molar-refractivity contribution in [1.82, 2.24) is 0 Å². The van der Waals surface area contributed by atoms with Crippen LogP contribution in [0.2, 0.25) is 0 Å². The highest BCUT2D eigenvalue weighted by atomic mass is 19.2. The highest BCUT2D eigenvalue weighted by Gasteiger charge is 2.02. The number of rotatable bonds is 4. The lowest BCUT2D eigenvalue weighted by Gasteiger charge is -2.00. The summed E-state index contributed by atoms with van der Waals surface area (Å²) in [6.07, 6.45) is 2.62. The van der Waals surface area contributed by atoms with E-state index >= 15 is 0 Å². The fourth-order valence-corrected chi connectivity index (χ4v) is 1.44. The first-order valence-electron chi connectivity index (χ1n) is 5.71. The summed E-state index contributed by atoms with van der Waals surface area (Å²) in [7, 11) is 0. The lowest BCUT2D eigenvalue weighted by molar-refractivity contribution is 0.132. The second kappa shape index (κ2) is 6.43. The van der Waals surface area contributed by atoms with Gasteiger partial charge in [0.25, 0.3) is 0 Å². The Morgan fingerprint density at radius 3 is 2.35 bits per heavy atom. The summed E-state index contributed by atoms with van der Waals surface area (Å²) in [6, 6.07) is 12.1. The Morgan fingerprint density at radius 2 is 1.70 bits per heavy atom. The highest BCUT2D eigenvalue weighted by Crippen LogP contribution is 2.09. The van der Waals surface area contributed by atoms with Crippen molar-refractivity contribution in [2.45, 2.75) is 6.61 Å². The van der Waals surface area contributed by atoms with Crippen LogP contribution in [0, 0.1) is 23.0 Å². The van der Waals surface area contributed by atoms with Crippen LogP contribution in [0.5, 0.6) is 0 Å². The smallest absolute Gasteiger partial charge is 0.159 e. The molecule has 0 heterocycles. The topological polar surface area (TPSA) is 45.4 Å². The van der Waals surface area contributed by atoms with E-state index in [4.69, 9.17) is 10.1 Å². The molecule has 0 unspecified atom stereocenters. The van der Waals surface area contributed by atoms with E-state index in [1.807, 2.05) is 6.07 Å². The quantitative estimate of drug-likeness (QED) is 0.633. The highest BCUT2D eigenvalue weighted by molar-refractivity contribution is 5.79. The van der Waals surface area contributed by atoms with Gasteiger partial charge in [0.15, 0.2) is 11.6 Å². The van der Waals surface area contributed by atoms with Gasteiger partial charge in [-0.1, -0.05) is 23.4 Å². The fourth-order valence-electron chi connectivity index (χ4n) is 1.44. The predicted octanol–water partition coefficient (Wildman–Crippen LogP) is 3.26. The van der Waals surface area contributed by atoms with E-state index in [0.717, 1.165) is 12.1 Å². The molecule has 5 heteroatoms. The van der Waals surface area contributed by atoms with Crippen LogP contribution in [0.1, 0.15) is 16.7 Å². The first-order chi connectivity index (χ1) is 9.69. The van der Waals surface area contributed by atoms with Crippen LogP contribution in [-0.2, 0) is 11.4 Å². The van der Waals surface area contributed by atoms with Crippen LogP contribution < -0.4 is 0 Å². The van der Waals surface area contributed by atoms with E-state index in [1.54, 1.807) is 24.3 Å². The lowest BCUT2D eigenvalue weighted by Crippen LogP contribution is -1.91. The van der Waals surface area contributed by atoms with Crippen molar-refractivity contribution < 1.29 is 13.6 Å². The third-order valence-electron chi connectivity index (χ3n) is 2.47. The van der Waals surface area contributed by atoms with E-state index < -0.39 is 11.6 Å². The Labute approximate surface area is 114 Å². The standard InChI is InChI=1S/C15H9F2N2O/c16-14-6-5-13(7-15(14)17)10-20-19-9-12-3-1-11(8-18)2-4-12/h1-7H,10H2. The average molecular weight is 271 g/mol. The van der Waals surface area contributed by atoms with Crippen molar-refractivity contribution in [3.8, 4) is 6.07 Å². The van der Waals surface area contributed by atoms with Crippen LogP contribution in [0.25, 0.3) is 0 Å². The summed E-state index contributed by atoms with van der Waals surface area (Å²) < 4.78 is 25.6. The Bertz CT molecular complexity index is 661. The molecule has 1 radical (unpaired) electrons. The molecule has 2 rings (SSSR count). The molecule has 20 heavy (non-hydrogen) atoms. The van der Waals surface area contributed by atoms with Gasteiger partial charge in [-0.05, 0) is 29.8 Å². The molecule has 0 spiro atoms. The molecule has 0 amide bonds. The molecule has 0 atom stereocenters. The number of hydrogen-bond acceptors (Lipinski definition) is 3. The van der Waals surface area contributed by atoms with Gasteiger partial charge in [-0.25, -0.2) is 8.78 Å². The molecule has 2 aromatic carbocycles. The van der Waals surface area contributed by atoms with Gasteiger partial charge in [0, 0.05) is 5.56 Å². The number of nitriles is 1. The summed E-state index contributed by atoms with van der Waals surface area (Å²) in [5.41, 5.74) is 1.65. The summed E-state index contributed by atoms with van der Waals surface area (Å²) in [5, 5.41) is 12.2. The molecule has 0 aliphatic heterocycles. The maximum Gasteiger partial charge on any atom is 0.159 e. The summed E-state index contributed by atoms with van der Waals surface area (Å²) in [4.78, 5) is 4.93. The minimum absolute atomic E-state index is 0.0144. The maximum atomic E-state index is 12.9. The third-order valence-corrected chi connectivity index (χ3v) is 2.47. The van der Waals surface area contributed by atoms with E-state index in [9.17, 15) is 8.78 Å². The molecule has 99 valence electrons. The van der Waals surface area contributed by atoms with Crippen molar-refractivity contribution >= 4 is 6.21 Å². The maximum absolute atomic E-state index is 12.9. The van der Waals surface area contributed by atoms with Crippen LogP contribution in [0.15, 0.2) is 47.6 Å². The Morgan fingerprint density at radius 1 is 1.00 bits per heavy atom. The number of nitrogens with zero attached hydrogens (tertiary/aromatic N) is 2. The normalized spacial score (nSPS) is 10.4. The molecule has 0 bridgehead atoms. The zero-order chi connectivity index (χ0) is 14.4. The molecule has 0 saturated carbocycles. The average Bonchev–Trinajstić information content (AvgIpc) is 2.48. The van der Waals surface area contributed by atoms with Gasteiger partial charge in [-0.2, -0.15) is 5.26 Å². The zero-order valence-corrected chi connectivity index (χ0v) is 10.3. The van der Waals surface area contributed by atoms with Gasteiger partial charge in [-0.3, -0.25) is 0 Å².